The van der Waals surface area contributed by atoms with Gasteiger partial charge in [-0.2, -0.15) is 0 Å². The quantitative estimate of drug-likeness (QED) is 0.548. The van der Waals surface area contributed by atoms with Crippen LogP contribution in [0.15, 0.2) is 12.3 Å². The minimum absolute atomic E-state index is 0.196. The summed E-state index contributed by atoms with van der Waals surface area (Å²) in [4.78, 5) is 0. The van der Waals surface area contributed by atoms with E-state index in [1.165, 1.54) is 0 Å². The molecule has 0 bridgehead atoms. The number of rotatable bonds is 0. The zero-order valence-electron chi connectivity index (χ0n) is 7.18. The van der Waals surface area contributed by atoms with Crippen molar-refractivity contribution in [1.29, 1.82) is 0 Å². The zero-order chi connectivity index (χ0) is 7.78. The largest absolute Gasteiger partial charge is 0.310 e. The van der Waals surface area contributed by atoms with Crippen molar-refractivity contribution in [2.24, 2.45) is 0 Å². The van der Waals surface area contributed by atoms with Gasteiger partial charge >= 0.3 is 0 Å². The summed E-state index contributed by atoms with van der Waals surface area (Å²) in [6.07, 6.45) is 4.26. The highest BCUT2D eigenvalue weighted by atomic mass is 15.5. The van der Waals surface area contributed by atoms with Gasteiger partial charge in [-0.15, -0.1) is 0 Å². The molecule has 0 amide bonds. The number of nitrogens with zero attached hydrogens (tertiary/aromatic N) is 1. The van der Waals surface area contributed by atoms with Crippen molar-refractivity contribution < 1.29 is 0 Å². The van der Waals surface area contributed by atoms with E-state index in [1.54, 1.807) is 0 Å². The second-order valence-electron chi connectivity index (χ2n) is 3.80. The maximum absolute atomic E-state index is 3.32. The molecule has 1 aliphatic rings. The van der Waals surface area contributed by atoms with Gasteiger partial charge in [0.15, 0.2) is 0 Å². The lowest BCUT2D eigenvalue weighted by molar-refractivity contribution is 0.144. The fraction of sp³-hybridized carbons (Fsp3) is 0.750. The summed E-state index contributed by atoms with van der Waals surface area (Å²) in [6.45, 7) is 8.69. The Hall–Kier alpha value is -0.500. The van der Waals surface area contributed by atoms with Crippen LogP contribution in [0.5, 0.6) is 0 Å². The zero-order valence-corrected chi connectivity index (χ0v) is 7.18. The number of nitrogens with one attached hydrogen (secondary N) is 1. The van der Waals surface area contributed by atoms with Crippen molar-refractivity contribution in [2.45, 2.75) is 39.3 Å². The van der Waals surface area contributed by atoms with E-state index in [-0.39, 0.29) is 5.54 Å². The van der Waals surface area contributed by atoms with Crippen LogP contribution in [0.3, 0.4) is 0 Å². The minimum Gasteiger partial charge on any atom is -0.310 e. The first kappa shape index (κ1) is 7.61. The average Bonchev–Trinajstić information content (AvgIpc) is 2.11. The Bertz CT molecular complexity index is 144. The first-order chi connectivity index (χ1) is 4.50. The predicted octanol–water partition coefficient (Wildman–Crippen LogP) is 1.51. The molecule has 0 fully saturated rings. The third kappa shape index (κ3) is 1.51. The van der Waals surface area contributed by atoms with Crippen LogP contribution < -0.4 is 5.43 Å². The van der Waals surface area contributed by atoms with Gasteiger partial charge in [0.2, 0.25) is 0 Å². The first-order valence-electron chi connectivity index (χ1n) is 3.74. The van der Waals surface area contributed by atoms with E-state index in [0.29, 0.717) is 6.04 Å². The topological polar surface area (TPSA) is 15.3 Å². The molecule has 0 aromatic heterocycles. The van der Waals surface area contributed by atoms with Gasteiger partial charge in [-0.3, -0.25) is 0 Å². The molecule has 2 heteroatoms. The Morgan fingerprint density at radius 2 is 2.00 bits per heavy atom. The molecule has 58 valence electrons. The van der Waals surface area contributed by atoms with Gasteiger partial charge < -0.3 is 5.01 Å². The fourth-order valence-corrected chi connectivity index (χ4v) is 0.938. The van der Waals surface area contributed by atoms with Crippen LogP contribution in [0.2, 0.25) is 0 Å². The van der Waals surface area contributed by atoms with E-state index in [0.717, 1.165) is 0 Å². The highest BCUT2D eigenvalue weighted by Crippen LogP contribution is 2.14. The van der Waals surface area contributed by atoms with Crippen LogP contribution in [0.4, 0.5) is 0 Å². The Balaban J connectivity index is 2.55. The molecule has 2 nitrogen and oxygen atoms in total. The minimum atomic E-state index is 0.196. The molecule has 1 rings (SSSR count). The molecule has 1 aliphatic heterocycles. The maximum Gasteiger partial charge on any atom is 0.0472 e. The van der Waals surface area contributed by atoms with Crippen molar-refractivity contribution in [3.05, 3.63) is 12.3 Å². The van der Waals surface area contributed by atoms with Crippen LogP contribution in [0.25, 0.3) is 0 Å². The standard InChI is InChI=1S/C8H16N2/c1-7-5-6-10(9-7)8(2,3)4/h5-7,9H,1-4H3. The summed E-state index contributed by atoms with van der Waals surface area (Å²) in [5.41, 5.74) is 3.51. The van der Waals surface area contributed by atoms with E-state index in [4.69, 9.17) is 0 Å². The summed E-state index contributed by atoms with van der Waals surface area (Å²) in [5.74, 6) is 0. The van der Waals surface area contributed by atoms with Crippen LogP contribution in [-0.4, -0.2) is 16.6 Å². The van der Waals surface area contributed by atoms with Crippen LogP contribution in [0.1, 0.15) is 27.7 Å². The van der Waals surface area contributed by atoms with Gasteiger partial charge in [0.1, 0.15) is 0 Å². The first-order valence-corrected chi connectivity index (χ1v) is 3.74. The molecule has 0 radical (unpaired) electrons. The van der Waals surface area contributed by atoms with Crippen molar-refractivity contribution in [3.63, 3.8) is 0 Å². The number of hydrogen-bond donors (Lipinski definition) is 1. The van der Waals surface area contributed by atoms with Crippen molar-refractivity contribution in [2.75, 3.05) is 0 Å². The fourth-order valence-electron chi connectivity index (χ4n) is 0.938. The third-order valence-corrected chi connectivity index (χ3v) is 1.59. The molecule has 0 aliphatic carbocycles. The van der Waals surface area contributed by atoms with Gasteiger partial charge in [0.05, 0.1) is 0 Å². The summed E-state index contributed by atoms with van der Waals surface area (Å²) in [5, 5.41) is 2.14. The van der Waals surface area contributed by atoms with E-state index >= 15 is 0 Å². The normalized spacial score (nSPS) is 26.0. The molecule has 10 heavy (non-hydrogen) atoms. The van der Waals surface area contributed by atoms with Gasteiger partial charge in [0.25, 0.3) is 0 Å². The second kappa shape index (κ2) is 2.27. The lowest BCUT2D eigenvalue weighted by Gasteiger charge is -2.32. The predicted molar refractivity (Wildman–Crippen MR) is 43.3 cm³/mol. The Kier molecular flexibility index (Phi) is 1.73. The van der Waals surface area contributed by atoms with Gasteiger partial charge in [-0.1, -0.05) is 0 Å². The van der Waals surface area contributed by atoms with Crippen molar-refractivity contribution >= 4 is 0 Å². The van der Waals surface area contributed by atoms with Crippen LogP contribution >= 0.6 is 0 Å². The average molecular weight is 140 g/mol. The van der Waals surface area contributed by atoms with E-state index in [1.807, 2.05) is 0 Å². The molecule has 1 unspecified atom stereocenters. The molecule has 0 saturated heterocycles. The van der Waals surface area contributed by atoms with Gasteiger partial charge in [-0.05, 0) is 33.8 Å². The number of hydrazine groups is 1. The molecule has 0 saturated carbocycles. The number of hydrogen-bond acceptors (Lipinski definition) is 2. The summed E-state index contributed by atoms with van der Waals surface area (Å²) >= 11 is 0. The molecule has 0 aromatic rings. The monoisotopic (exact) mass is 140 g/mol. The molecule has 0 spiro atoms. The van der Waals surface area contributed by atoms with E-state index in [9.17, 15) is 0 Å². The summed E-state index contributed by atoms with van der Waals surface area (Å²) < 4.78 is 0. The second-order valence-corrected chi connectivity index (χ2v) is 3.80. The van der Waals surface area contributed by atoms with Crippen LogP contribution in [0, 0.1) is 0 Å². The van der Waals surface area contributed by atoms with Crippen molar-refractivity contribution in [3.8, 4) is 0 Å². The lowest BCUT2D eigenvalue weighted by Crippen LogP contribution is -2.46. The molecular formula is C8H16N2. The molecule has 1 atom stereocenters. The smallest absolute Gasteiger partial charge is 0.0472 e. The molecule has 1 heterocycles. The Morgan fingerprint density at radius 1 is 1.40 bits per heavy atom. The molecule has 0 aromatic carbocycles. The van der Waals surface area contributed by atoms with E-state index in [2.05, 4.69) is 50.4 Å². The Morgan fingerprint density at radius 3 is 2.20 bits per heavy atom. The highest BCUT2D eigenvalue weighted by molar-refractivity contribution is 4.99. The van der Waals surface area contributed by atoms with Crippen molar-refractivity contribution in [1.82, 2.24) is 10.4 Å². The summed E-state index contributed by atoms with van der Waals surface area (Å²) in [6, 6.07) is 0.485. The molecular weight excluding hydrogens is 124 g/mol. The highest BCUT2D eigenvalue weighted by Gasteiger charge is 2.21. The molecule has 1 N–H and O–H groups in total. The van der Waals surface area contributed by atoms with Gasteiger partial charge in [0, 0.05) is 17.8 Å². The van der Waals surface area contributed by atoms with E-state index < -0.39 is 0 Å². The Labute approximate surface area is 62.9 Å². The summed E-state index contributed by atoms with van der Waals surface area (Å²) in [7, 11) is 0. The third-order valence-electron chi connectivity index (χ3n) is 1.59. The van der Waals surface area contributed by atoms with Gasteiger partial charge in [-0.25, -0.2) is 5.43 Å². The SMILES string of the molecule is CC1C=CN(C(C)(C)C)N1. The maximum atomic E-state index is 3.32. The van der Waals surface area contributed by atoms with Crippen LogP contribution in [-0.2, 0) is 0 Å². The lowest BCUT2D eigenvalue weighted by atomic mass is 10.1.